The fourth-order valence-electron chi connectivity index (χ4n) is 2.54. The van der Waals surface area contributed by atoms with E-state index in [0.717, 1.165) is 25.9 Å². The predicted molar refractivity (Wildman–Crippen MR) is 90.5 cm³/mol. The fourth-order valence-corrected chi connectivity index (χ4v) is 3.01. The average molecular weight is 330 g/mol. The van der Waals surface area contributed by atoms with E-state index in [2.05, 4.69) is 22.5 Å². The molecule has 2 N–H and O–H groups in total. The first kappa shape index (κ1) is 16.5. The van der Waals surface area contributed by atoms with E-state index in [1.54, 1.807) is 6.07 Å². The Morgan fingerprint density at radius 3 is 2.76 bits per heavy atom. The van der Waals surface area contributed by atoms with Crippen molar-refractivity contribution in [3.63, 3.8) is 0 Å². The summed E-state index contributed by atoms with van der Waals surface area (Å²) in [6, 6.07) is 4.89. The lowest BCUT2D eigenvalue weighted by molar-refractivity contribution is 0.207. The zero-order valence-electron chi connectivity index (χ0n) is 12.2. The van der Waals surface area contributed by atoms with Gasteiger partial charge < -0.3 is 15.5 Å². The van der Waals surface area contributed by atoms with Crippen LogP contribution in [0.2, 0.25) is 5.02 Å². The molecule has 0 saturated carbocycles. The van der Waals surface area contributed by atoms with Crippen molar-refractivity contribution in [2.75, 3.05) is 25.0 Å². The standard InChI is InChI=1S/C15H21ClFN3S/c1-2-7-20-8-5-11(6-9-20)18-15(21)19-12-3-4-14(17)13(16)10-12/h3-4,10-11H,2,5-9H2,1H3,(H2,18,19,21). The van der Waals surface area contributed by atoms with Gasteiger partial charge in [0, 0.05) is 24.8 Å². The Kier molecular flexibility index (Phi) is 6.21. The van der Waals surface area contributed by atoms with Gasteiger partial charge in [0.15, 0.2) is 5.11 Å². The van der Waals surface area contributed by atoms with Gasteiger partial charge in [-0.05, 0) is 56.2 Å². The van der Waals surface area contributed by atoms with Crippen LogP contribution < -0.4 is 10.6 Å². The zero-order valence-corrected chi connectivity index (χ0v) is 13.7. The van der Waals surface area contributed by atoms with Crippen LogP contribution in [-0.4, -0.2) is 35.7 Å². The molecule has 116 valence electrons. The maximum Gasteiger partial charge on any atom is 0.170 e. The molecule has 21 heavy (non-hydrogen) atoms. The molecule has 0 spiro atoms. The summed E-state index contributed by atoms with van der Waals surface area (Å²) in [5, 5.41) is 7.03. The molecule has 1 aromatic carbocycles. The predicted octanol–water partition coefficient (Wildman–Crippen LogP) is 3.64. The molecule has 0 amide bonds. The second-order valence-corrected chi connectivity index (χ2v) is 6.16. The van der Waals surface area contributed by atoms with E-state index in [4.69, 9.17) is 23.8 Å². The number of nitrogens with one attached hydrogen (secondary N) is 2. The molecule has 0 atom stereocenters. The Labute approximate surface area is 135 Å². The van der Waals surface area contributed by atoms with Gasteiger partial charge in [-0.3, -0.25) is 0 Å². The van der Waals surface area contributed by atoms with Crippen molar-refractivity contribution in [3.05, 3.63) is 29.0 Å². The number of hydrogen-bond acceptors (Lipinski definition) is 2. The molecule has 0 radical (unpaired) electrons. The maximum absolute atomic E-state index is 13.1. The molecule has 1 aliphatic rings. The van der Waals surface area contributed by atoms with Gasteiger partial charge in [0.2, 0.25) is 0 Å². The second kappa shape index (κ2) is 7.92. The Morgan fingerprint density at radius 1 is 1.43 bits per heavy atom. The molecule has 1 aliphatic heterocycles. The molecular formula is C15H21ClFN3S. The minimum absolute atomic E-state index is 0.0932. The van der Waals surface area contributed by atoms with Crippen LogP contribution in [0.15, 0.2) is 18.2 Å². The van der Waals surface area contributed by atoms with E-state index >= 15 is 0 Å². The molecule has 0 unspecified atom stereocenters. The molecule has 6 heteroatoms. The number of benzene rings is 1. The van der Waals surface area contributed by atoms with Crippen molar-refractivity contribution in [1.29, 1.82) is 0 Å². The third kappa shape index (κ3) is 5.09. The number of anilines is 1. The van der Waals surface area contributed by atoms with Gasteiger partial charge in [0.25, 0.3) is 0 Å². The minimum atomic E-state index is -0.426. The number of hydrogen-bond donors (Lipinski definition) is 2. The number of piperidine rings is 1. The first-order valence-corrected chi connectivity index (χ1v) is 8.12. The van der Waals surface area contributed by atoms with Crippen molar-refractivity contribution in [3.8, 4) is 0 Å². The van der Waals surface area contributed by atoms with E-state index in [1.165, 1.54) is 25.1 Å². The maximum atomic E-state index is 13.1. The molecule has 0 aromatic heterocycles. The lowest BCUT2D eigenvalue weighted by atomic mass is 10.1. The average Bonchev–Trinajstić information content (AvgIpc) is 2.45. The lowest BCUT2D eigenvalue weighted by Crippen LogP contribution is -2.45. The quantitative estimate of drug-likeness (QED) is 0.825. The van der Waals surface area contributed by atoms with Gasteiger partial charge >= 0.3 is 0 Å². The molecule has 1 aromatic rings. The van der Waals surface area contributed by atoms with Crippen molar-refractivity contribution >= 4 is 34.6 Å². The summed E-state index contributed by atoms with van der Waals surface area (Å²) < 4.78 is 13.1. The van der Waals surface area contributed by atoms with E-state index < -0.39 is 5.82 Å². The summed E-state index contributed by atoms with van der Waals surface area (Å²) in [7, 11) is 0. The number of likely N-dealkylation sites (tertiary alicyclic amines) is 1. The largest absolute Gasteiger partial charge is 0.360 e. The minimum Gasteiger partial charge on any atom is -0.360 e. The van der Waals surface area contributed by atoms with E-state index in [0.29, 0.717) is 16.8 Å². The smallest absolute Gasteiger partial charge is 0.170 e. The normalized spacial score (nSPS) is 16.7. The summed E-state index contributed by atoms with van der Waals surface area (Å²) in [5.74, 6) is -0.426. The Balaban J connectivity index is 1.78. The number of rotatable bonds is 4. The number of halogens is 2. The number of nitrogens with zero attached hydrogens (tertiary/aromatic N) is 1. The van der Waals surface area contributed by atoms with Crippen LogP contribution in [0.25, 0.3) is 0 Å². The van der Waals surface area contributed by atoms with Gasteiger partial charge in [-0.15, -0.1) is 0 Å². The van der Waals surface area contributed by atoms with Crippen LogP contribution in [0.5, 0.6) is 0 Å². The monoisotopic (exact) mass is 329 g/mol. The molecule has 2 rings (SSSR count). The first-order valence-electron chi connectivity index (χ1n) is 7.33. The van der Waals surface area contributed by atoms with Gasteiger partial charge in [-0.2, -0.15) is 0 Å². The highest BCUT2D eigenvalue weighted by atomic mass is 35.5. The van der Waals surface area contributed by atoms with Gasteiger partial charge in [-0.25, -0.2) is 4.39 Å². The highest BCUT2D eigenvalue weighted by Gasteiger charge is 2.18. The summed E-state index contributed by atoms with van der Waals surface area (Å²) in [6.45, 7) is 5.59. The van der Waals surface area contributed by atoms with Crippen LogP contribution in [0.3, 0.4) is 0 Å². The summed E-state index contributed by atoms with van der Waals surface area (Å²) in [4.78, 5) is 2.48. The zero-order chi connectivity index (χ0) is 15.2. The SMILES string of the molecule is CCCN1CCC(NC(=S)Nc2ccc(F)c(Cl)c2)CC1. The first-order chi connectivity index (χ1) is 10.1. The second-order valence-electron chi connectivity index (χ2n) is 5.34. The summed E-state index contributed by atoms with van der Waals surface area (Å²) >= 11 is 11.1. The third-order valence-corrected chi connectivity index (χ3v) is 4.15. The highest BCUT2D eigenvalue weighted by molar-refractivity contribution is 7.80. The van der Waals surface area contributed by atoms with E-state index in [-0.39, 0.29) is 5.02 Å². The van der Waals surface area contributed by atoms with Crippen molar-refractivity contribution < 1.29 is 4.39 Å². The van der Waals surface area contributed by atoms with Crippen LogP contribution in [0.1, 0.15) is 26.2 Å². The third-order valence-electron chi connectivity index (χ3n) is 3.64. The molecule has 1 fully saturated rings. The van der Waals surface area contributed by atoms with Gasteiger partial charge in [-0.1, -0.05) is 18.5 Å². The number of thiocarbonyl (C=S) groups is 1. The Hall–Kier alpha value is -0.910. The summed E-state index contributed by atoms with van der Waals surface area (Å²) in [5.41, 5.74) is 0.697. The fraction of sp³-hybridized carbons (Fsp3) is 0.533. The Morgan fingerprint density at radius 2 is 2.14 bits per heavy atom. The molecule has 1 heterocycles. The van der Waals surface area contributed by atoms with E-state index in [1.807, 2.05) is 0 Å². The molecule has 0 aliphatic carbocycles. The van der Waals surface area contributed by atoms with Crippen LogP contribution in [-0.2, 0) is 0 Å². The lowest BCUT2D eigenvalue weighted by Gasteiger charge is -2.32. The van der Waals surface area contributed by atoms with Crippen LogP contribution >= 0.6 is 23.8 Å². The van der Waals surface area contributed by atoms with Crippen LogP contribution in [0.4, 0.5) is 10.1 Å². The highest BCUT2D eigenvalue weighted by Crippen LogP contribution is 2.19. The Bertz CT molecular complexity index is 490. The molecule has 0 bridgehead atoms. The van der Waals surface area contributed by atoms with Gasteiger partial charge in [0.05, 0.1) is 5.02 Å². The van der Waals surface area contributed by atoms with E-state index in [9.17, 15) is 4.39 Å². The van der Waals surface area contributed by atoms with Crippen molar-refractivity contribution in [2.45, 2.75) is 32.2 Å². The molecule has 1 saturated heterocycles. The van der Waals surface area contributed by atoms with Crippen LogP contribution in [0, 0.1) is 5.82 Å². The van der Waals surface area contributed by atoms with Crippen molar-refractivity contribution in [1.82, 2.24) is 10.2 Å². The molecule has 3 nitrogen and oxygen atoms in total. The molecular weight excluding hydrogens is 309 g/mol. The summed E-state index contributed by atoms with van der Waals surface area (Å²) in [6.07, 6.45) is 3.38. The van der Waals surface area contributed by atoms with Crippen molar-refractivity contribution in [2.24, 2.45) is 0 Å². The van der Waals surface area contributed by atoms with Gasteiger partial charge in [0.1, 0.15) is 5.82 Å². The topological polar surface area (TPSA) is 27.3 Å².